The van der Waals surface area contributed by atoms with Gasteiger partial charge in [0, 0.05) is 25.7 Å². The third-order valence-corrected chi connectivity index (χ3v) is 4.88. The maximum atomic E-state index is 13.4. The molecule has 4 heterocycles. The largest absolute Gasteiger partial charge is 0.372 e. The van der Waals surface area contributed by atoms with Crippen molar-refractivity contribution in [2.24, 2.45) is 0 Å². The molecule has 0 spiro atoms. The summed E-state index contributed by atoms with van der Waals surface area (Å²) in [5, 5.41) is 11.1. The van der Waals surface area contributed by atoms with E-state index in [1.54, 1.807) is 16.6 Å². The van der Waals surface area contributed by atoms with Crippen LogP contribution in [0.4, 0.5) is 10.2 Å². The smallest absolute Gasteiger partial charge is 0.156 e. The van der Waals surface area contributed by atoms with E-state index in [9.17, 15) is 4.39 Å². The number of imidazole rings is 2. The van der Waals surface area contributed by atoms with Crippen molar-refractivity contribution in [3.63, 3.8) is 0 Å². The van der Waals surface area contributed by atoms with E-state index < -0.39 is 0 Å². The molecule has 1 aliphatic heterocycles. The lowest BCUT2D eigenvalue weighted by Crippen LogP contribution is -2.43. The third kappa shape index (κ3) is 2.65. The highest BCUT2D eigenvalue weighted by atomic mass is 19.1. The van der Waals surface area contributed by atoms with Gasteiger partial charge in [-0.05, 0) is 36.4 Å². The first-order valence-electron chi connectivity index (χ1n) is 8.81. The molecule has 8 heteroatoms. The van der Waals surface area contributed by atoms with Crippen LogP contribution in [-0.4, -0.2) is 44.3 Å². The quantitative estimate of drug-likeness (QED) is 0.583. The van der Waals surface area contributed by atoms with E-state index in [0.717, 1.165) is 47.2 Å². The van der Waals surface area contributed by atoms with Gasteiger partial charge in [-0.25, -0.2) is 18.9 Å². The van der Waals surface area contributed by atoms with Crippen LogP contribution >= 0.6 is 0 Å². The molecule has 7 nitrogen and oxygen atoms in total. The van der Waals surface area contributed by atoms with Gasteiger partial charge < -0.3 is 15.2 Å². The van der Waals surface area contributed by atoms with E-state index in [1.807, 2.05) is 31.7 Å². The fourth-order valence-corrected chi connectivity index (χ4v) is 3.31. The molecule has 0 aliphatic carbocycles. The Morgan fingerprint density at radius 1 is 1.15 bits per heavy atom. The van der Waals surface area contributed by atoms with Gasteiger partial charge in [0.25, 0.3) is 0 Å². The van der Waals surface area contributed by atoms with Gasteiger partial charge in [0.2, 0.25) is 0 Å². The standard InChI is InChI=1S/C19H18FN7/c1-21-16-10-27-17(24-16)7-6-15(25-27)19-18(12-2-4-13(20)5-3-12)23-11-26(19)14-8-22-9-14/h2-7,10-11,14,21-22H,8-9H2,1H3. The number of aromatic nitrogens is 5. The Kier molecular flexibility index (Phi) is 3.64. The molecule has 0 amide bonds. The summed E-state index contributed by atoms with van der Waals surface area (Å²) in [5.41, 5.74) is 4.15. The predicted molar refractivity (Wildman–Crippen MR) is 101 cm³/mol. The number of halogens is 1. The summed E-state index contributed by atoms with van der Waals surface area (Å²) < 4.78 is 17.3. The van der Waals surface area contributed by atoms with Crippen LogP contribution in [0.15, 0.2) is 48.9 Å². The molecule has 0 atom stereocenters. The number of rotatable bonds is 4. The van der Waals surface area contributed by atoms with Crippen molar-refractivity contribution in [2.45, 2.75) is 6.04 Å². The van der Waals surface area contributed by atoms with Crippen LogP contribution in [0.3, 0.4) is 0 Å². The van der Waals surface area contributed by atoms with Gasteiger partial charge in [-0.15, -0.1) is 0 Å². The molecule has 5 rings (SSSR count). The van der Waals surface area contributed by atoms with Gasteiger partial charge in [-0.1, -0.05) is 0 Å². The van der Waals surface area contributed by atoms with E-state index in [1.165, 1.54) is 12.1 Å². The predicted octanol–water partition coefficient (Wildman–Crippen LogP) is 2.58. The SMILES string of the molecule is CNc1cn2nc(-c3c(-c4ccc(F)cc4)ncn3C3CNC3)ccc2n1. The van der Waals surface area contributed by atoms with Crippen LogP contribution in [0.25, 0.3) is 28.3 Å². The first-order chi connectivity index (χ1) is 13.2. The van der Waals surface area contributed by atoms with E-state index in [0.29, 0.717) is 6.04 Å². The first-order valence-corrected chi connectivity index (χ1v) is 8.81. The zero-order valence-corrected chi connectivity index (χ0v) is 14.7. The number of nitrogens with zero attached hydrogens (tertiary/aromatic N) is 5. The van der Waals surface area contributed by atoms with Gasteiger partial charge in [0.15, 0.2) is 5.65 Å². The zero-order valence-electron chi connectivity index (χ0n) is 14.7. The molecule has 0 saturated carbocycles. The highest BCUT2D eigenvalue weighted by Gasteiger charge is 2.25. The average Bonchev–Trinajstić information content (AvgIpc) is 3.24. The molecule has 3 aromatic heterocycles. The topological polar surface area (TPSA) is 72.1 Å². The van der Waals surface area contributed by atoms with Crippen LogP contribution < -0.4 is 10.6 Å². The molecule has 1 aliphatic rings. The van der Waals surface area contributed by atoms with Gasteiger partial charge >= 0.3 is 0 Å². The van der Waals surface area contributed by atoms with E-state index in [4.69, 9.17) is 5.10 Å². The molecule has 1 saturated heterocycles. The van der Waals surface area contributed by atoms with Crippen LogP contribution in [0.2, 0.25) is 0 Å². The maximum absolute atomic E-state index is 13.4. The van der Waals surface area contributed by atoms with Crippen LogP contribution in [0, 0.1) is 5.82 Å². The summed E-state index contributed by atoms with van der Waals surface area (Å²) >= 11 is 0. The monoisotopic (exact) mass is 363 g/mol. The summed E-state index contributed by atoms with van der Waals surface area (Å²) in [4.78, 5) is 9.08. The Hall–Kier alpha value is -3.26. The summed E-state index contributed by atoms with van der Waals surface area (Å²) in [5.74, 6) is 0.496. The highest BCUT2D eigenvalue weighted by molar-refractivity contribution is 5.77. The fourth-order valence-electron chi connectivity index (χ4n) is 3.31. The lowest BCUT2D eigenvalue weighted by molar-refractivity contribution is 0.345. The fraction of sp³-hybridized carbons (Fsp3) is 0.211. The number of anilines is 1. The minimum atomic E-state index is -0.263. The van der Waals surface area contributed by atoms with Crippen LogP contribution in [0.5, 0.6) is 0 Å². The Morgan fingerprint density at radius 2 is 1.96 bits per heavy atom. The first kappa shape index (κ1) is 16.0. The van der Waals surface area contributed by atoms with Crippen molar-refractivity contribution in [2.75, 3.05) is 25.5 Å². The van der Waals surface area contributed by atoms with Crippen molar-refractivity contribution in [3.05, 3.63) is 54.7 Å². The number of hydrogen-bond donors (Lipinski definition) is 2. The summed E-state index contributed by atoms with van der Waals surface area (Å²) in [6.45, 7) is 1.78. The summed E-state index contributed by atoms with van der Waals surface area (Å²) in [6.07, 6.45) is 3.69. The van der Waals surface area contributed by atoms with E-state index in [-0.39, 0.29) is 5.82 Å². The van der Waals surface area contributed by atoms with Crippen LogP contribution in [-0.2, 0) is 0 Å². The lowest BCUT2D eigenvalue weighted by atomic mass is 10.1. The molecular weight excluding hydrogens is 345 g/mol. The Labute approximate surface area is 154 Å². The molecule has 0 bridgehead atoms. The average molecular weight is 363 g/mol. The Morgan fingerprint density at radius 3 is 2.67 bits per heavy atom. The molecule has 27 heavy (non-hydrogen) atoms. The molecular formula is C19H18FN7. The second-order valence-corrected chi connectivity index (χ2v) is 6.57. The number of benzene rings is 1. The molecule has 1 aromatic carbocycles. The van der Waals surface area contributed by atoms with Gasteiger partial charge in [-0.2, -0.15) is 5.10 Å². The minimum Gasteiger partial charge on any atom is -0.372 e. The Balaban J connectivity index is 1.69. The molecule has 4 aromatic rings. The number of hydrogen-bond acceptors (Lipinski definition) is 5. The van der Waals surface area contributed by atoms with Gasteiger partial charge in [0.1, 0.15) is 17.3 Å². The van der Waals surface area contributed by atoms with E-state index >= 15 is 0 Å². The second-order valence-electron chi connectivity index (χ2n) is 6.57. The maximum Gasteiger partial charge on any atom is 0.156 e. The number of fused-ring (bicyclic) bond motifs is 1. The van der Waals surface area contributed by atoms with Crippen molar-refractivity contribution < 1.29 is 4.39 Å². The van der Waals surface area contributed by atoms with Crippen LogP contribution in [0.1, 0.15) is 6.04 Å². The lowest BCUT2D eigenvalue weighted by Gasteiger charge is -2.29. The summed E-state index contributed by atoms with van der Waals surface area (Å²) in [6, 6.07) is 10.6. The van der Waals surface area contributed by atoms with Crippen molar-refractivity contribution in [1.82, 2.24) is 29.5 Å². The Bertz CT molecular complexity index is 1110. The second kappa shape index (κ2) is 6.17. The van der Waals surface area contributed by atoms with E-state index in [2.05, 4.69) is 25.2 Å². The van der Waals surface area contributed by atoms with Gasteiger partial charge in [0.05, 0.1) is 30.0 Å². The summed E-state index contributed by atoms with van der Waals surface area (Å²) in [7, 11) is 1.83. The normalized spacial score (nSPS) is 14.4. The molecule has 136 valence electrons. The van der Waals surface area contributed by atoms with Crippen molar-refractivity contribution >= 4 is 11.5 Å². The molecule has 0 radical (unpaired) electrons. The van der Waals surface area contributed by atoms with Crippen molar-refractivity contribution in [3.8, 4) is 22.6 Å². The minimum absolute atomic E-state index is 0.263. The molecule has 1 fully saturated rings. The van der Waals surface area contributed by atoms with Crippen molar-refractivity contribution in [1.29, 1.82) is 0 Å². The molecule has 2 N–H and O–H groups in total. The highest BCUT2D eigenvalue weighted by Crippen LogP contribution is 2.33. The van der Waals surface area contributed by atoms with Gasteiger partial charge in [-0.3, -0.25) is 0 Å². The zero-order chi connectivity index (χ0) is 18.4. The third-order valence-electron chi connectivity index (χ3n) is 4.88. The molecule has 0 unspecified atom stereocenters. The number of nitrogens with one attached hydrogen (secondary N) is 2.